The van der Waals surface area contributed by atoms with E-state index in [4.69, 9.17) is 19.9 Å². The van der Waals surface area contributed by atoms with Crippen molar-refractivity contribution in [3.8, 4) is 17.2 Å². The SMILES string of the molecule is COc1cccc(OCCNS(=O)(=O)c2ccc(OC)c(C(N)=O)c2)c1. The first-order valence-corrected chi connectivity index (χ1v) is 9.10. The van der Waals surface area contributed by atoms with Gasteiger partial charge >= 0.3 is 0 Å². The van der Waals surface area contributed by atoms with E-state index in [0.29, 0.717) is 11.5 Å². The summed E-state index contributed by atoms with van der Waals surface area (Å²) in [5.41, 5.74) is 5.24. The van der Waals surface area contributed by atoms with Gasteiger partial charge in [0.05, 0.1) is 24.7 Å². The molecule has 0 unspecified atom stereocenters. The Bertz CT molecular complexity index is 883. The van der Waals surface area contributed by atoms with E-state index in [1.54, 1.807) is 31.4 Å². The van der Waals surface area contributed by atoms with Crippen LogP contribution in [-0.2, 0) is 10.0 Å². The van der Waals surface area contributed by atoms with Gasteiger partial charge in [-0.25, -0.2) is 13.1 Å². The number of amides is 1. The Balaban J connectivity index is 2.00. The smallest absolute Gasteiger partial charge is 0.252 e. The molecule has 0 aliphatic rings. The minimum absolute atomic E-state index is 0.0111. The van der Waals surface area contributed by atoms with Crippen LogP contribution in [0.2, 0.25) is 0 Å². The number of rotatable bonds is 9. The molecule has 0 bridgehead atoms. The number of benzene rings is 2. The van der Waals surface area contributed by atoms with Crippen LogP contribution in [0.3, 0.4) is 0 Å². The fraction of sp³-hybridized carbons (Fsp3) is 0.235. The van der Waals surface area contributed by atoms with Gasteiger partial charge in [0.1, 0.15) is 23.9 Å². The van der Waals surface area contributed by atoms with Gasteiger partial charge in [0.15, 0.2) is 0 Å². The third-order valence-corrected chi connectivity index (χ3v) is 4.91. The number of nitrogens with two attached hydrogens (primary N) is 1. The summed E-state index contributed by atoms with van der Waals surface area (Å²) in [5.74, 6) is 0.627. The second kappa shape index (κ2) is 8.54. The number of ether oxygens (including phenoxy) is 3. The van der Waals surface area contributed by atoms with Gasteiger partial charge in [0.25, 0.3) is 5.91 Å². The highest BCUT2D eigenvalue weighted by Gasteiger charge is 2.18. The summed E-state index contributed by atoms with van der Waals surface area (Å²) in [7, 11) is -0.917. The predicted molar refractivity (Wildman–Crippen MR) is 95.2 cm³/mol. The molecule has 2 aromatic carbocycles. The van der Waals surface area contributed by atoms with Crippen molar-refractivity contribution in [2.75, 3.05) is 27.4 Å². The molecule has 8 nitrogen and oxygen atoms in total. The Morgan fingerprint density at radius 1 is 1.08 bits per heavy atom. The number of primary amides is 1. The van der Waals surface area contributed by atoms with Gasteiger partial charge in [-0.3, -0.25) is 4.79 Å². The zero-order chi connectivity index (χ0) is 19.2. The molecule has 2 aromatic rings. The molecule has 26 heavy (non-hydrogen) atoms. The Morgan fingerprint density at radius 2 is 1.81 bits per heavy atom. The predicted octanol–water partition coefficient (Wildman–Crippen LogP) is 1.16. The molecule has 0 aromatic heterocycles. The average molecular weight is 380 g/mol. The molecule has 0 aliphatic carbocycles. The summed E-state index contributed by atoms with van der Waals surface area (Å²) in [5, 5.41) is 0. The molecular weight excluding hydrogens is 360 g/mol. The molecule has 2 rings (SSSR count). The quantitative estimate of drug-likeness (QED) is 0.631. The maximum atomic E-state index is 12.3. The van der Waals surface area contributed by atoms with Crippen molar-refractivity contribution in [2.45, 2.75) is 4.90 Å². The molecule has 0 radical (unpaired) electrons. The van der Waals surface area contributed by atoms with Gasteiger partial charge in [-0.2, -0.15) is 0 Å². The molecule has 0 spiro atoms. The number of sulfonamides is 1. The van der Waals surface area contributed by atoms with Crippen LogP contribution in [0.1, 0.15) is 10.4 Å². The van der Waals surface area contributed by atoms with Crippen LogP contribution in [0.15, 0.2) is 47.4 Å². The van der Waals surface area contributed by atoms with E-state index >= 15 is 0 Å². The highest BCUT2D eigenvalue weighted by Crippen LogP contribution is 2.22. The maximum Gasteiger partial charge on any atom is 0.252 e. The molecule has 0 saturated carbocycles. The van der Waals surface area contributed by atoms with E-state index in [1.165, 1.54) is 25.3 Å². The van der Waals surface area contributed by atoms with Crippen LogP contribution in [-0.4, -0.2) is 41.7 Å². The summed E-state index contributed by atoms with van der Waals surface area (Å²) in [4.78, 5) is 11.3. The molecular formula is C17H20N2O6S. The Hall–Kier alpha value is -2.78. The molecule has 0 fully saturated rings. The van der Waals surface area contributed by atoms with E-state index in [2.05, 4.69) is 4.72 Å². The number of hydrogen-bond donors (Lipinski definition) is 2. The van der Waals surface area contributed by atoms with Crippen LogP contribution in [0.4, 0.5) is 0 Å². The van der Waals surface area contributed by atoms with Crippen molar-refractivity contribution in [3.05, 3.63) is 48.0 Å². The molecule has 0 aliphatic heterocycles. The van der Waals surface area contributed by atoms with Gasteiger partial charge in [-0.1, -0.05) is 6.07 Å². The van der Waals surface area contributed by atoms with E-state index in [9.17, 15) is 13.2 Å². The highest BCUT2D eigenvalue weighted by molar-refractivity contribution is 7.89. The van der Waals surface area contributed by atoms with Crippen molar-refractivity contribution in [1.29, 1.82) is 0 Å². The van der Waals surface area contributed by atoms with Gasteiger partial charge in [-0.15, -0.1) is 0 Å². The fourth-order valence-corrected chi connectivity index (χ4v) is 3.20. The molecule has 0 saturated heterocycles. The zero-order valence-corrected chi connectivity index (χ0v) is 15.2. The lowest BCUT2D eigenvalue weighted by Crippen LogP contribution is -2.28. The van der Waals surface area contributed by atoms with Crippen LogP contribution < -0.4 is 24.7 Å². The Kier molecular flexibility index (Phi) is 6.42. The minimum Gasteiger partial charge on any atom is -0.497 e. The van der Waals surface area contributed by atoms with Gasteiger partial charge < -0.3 is 19.9 Å². The number of methoxy groups -OCH3 is 2. The van der Waals surface area contributed by atoms with Gasteiger partial charge in [0.2, 0.25) is 10.0 Å². The summed E-state index contributed by atoms with van der Waals surface area (Å²) in [6.07, 6.45) is 0. The molecule has 1 amide bonds. The number of nitrogens with one attached hydrogen (secondary N) is 1. The normalized spacial score (nSPS) is 11.0. The lowest BCUT2D eigenvalue weighted by molar-refractivity contribution is 0.0997. The van der Waals surface area contributed by atoms with Crippen molar-refractivity contribution in [3.63, 3.8) is 0 Å². The zero-order valence-electron chi connectivity index (χ0n) is 14.4. The molecule has 3 N–H and O–H groups in total. The second-order valence-electron chi connectivity index (χ2n) is 5.15. The third kappa shape index (κ3) is 4.87. The van der Waals surface area contributed by atoms with Gasteiger partial charge in [0, 0.05) is 12.6 Å². The first-order valence-electron chi connectivity index (χ1n) is 7.61. The number of hydrogen-bond acceptors (Lipinski definition) is 6. The van der Waals surface area contributed by atoms with E-state index < -0.39 is 15.9 Å². The first-order chi connectivity index (χ1) is 12.4. The largest absolute Gasteiger partial charge is 0.497 e. The average Bonchev–Trinajstić information content (AvgIpc) is 2.64. The summed E-state index contributed by atoms with van der Waals surface area (Å²) in [6.45, 7) is 0.155. The van der Waals surface area contributed by atoms with Crippen LogP contribution in [0.5, 0.6) is 17.2 Å². The van der Waals surface area contributed by atoms with Crippen LogP contribution in [0, 0.1) is 0 Å². The number of carbonyl (C=O) groups is 1. The summed E-state index contributed by atoms with van der Waals surface area (Å²) < 4.78 is 42.6. The molecule has 0 heterocycles. The standard InChI is InChI=1S/C17H20N2O6S/c1-23-12-4-3-5-13(10-12)25-9-8-19-26(21,22)14-6-7-16(24-2)15(11-14)17(18)20/h3-7,10-11,19H,8-9H2,1-2H3,(H2,18,20). The maximum absolute atomic E-state index is 12.3. The van der Waals surface area contributed by atoms with Crippen molar-refractivity contribution >= 4 is 15.9 Å². The van der Waals surface area contributed by atoms with Crippen LogP contribution >= 0.6 is 0 Å². The first kappa shape index (κ1) is 19.5. The lowest BCUT2D eigenvalue weighted by Gasteiger charge is -2.11. The molecule has 0 atom stereocenters. The molecule has 140 valence electrons. The topological polar surface area (TPSA) is 117 Å². The fourth-order valence-electron chi connectivity index (χ4n) is 2.17. The van der Waals surface area contributed by atoms with E-state index in [-0.39, 0.29) is 29.4 Å². The van der Waals surface area contributed by atoms with Crippen molar-refractivity contribution < 1.29 is 27.4 Å². The monoisotopic (exact) mass is 380 g/mol. The second-order valence-corrected chi connectivity index (χ2v) is 6.92. The third-order valence-electron chi connectivity index (χ3n) is 3.45. The van der Waals surface area contributed by atoms with Crippen molar-refractivity contribution in [2.24, 2.45) is 5.73 Å². The van der Waals surface area contributed by atoms with Crippen molar-refractivity contribution in [1.82, 2.24) is 4.72 Å². The summed E-state index contributed by atoms with van der Waals surface area (Å²) >= 11 is 0. The van der Waals surface area contributed by atoms with Crippen LogP contribution in [0.25, 0.3) is 0 Å². The highest BCUT2D eigenvalue weighted by atomic mass is 32.2. The molecule has 9 heteroatoms. The Labute approximate surface area is 151 Å². The van der Waals surface area contributed by atoms with E-state index in [0.717, 1.165) is 0 Å². The minimum atomic E-state index is -3.83. The number of carbonyl (C=O) groups excluding carboxylic acids is 1. The Morgan fingerprint density at radius 3 is 2.46 bits per heavy atom. The van der Waals surface area contributed by atoms with Gasteiger partial charge in [-0.05, 0) is 30.3 Å². The summed E-state index contributed by atoms with van der Waals surface area (Å²) in [6, 6.07) is 10.8. The lowest BCUT2D eigenvalue weighted by atomic mass is 10.2. The van der Waals surface area contributed by atoms with E-state index in [1.807, 2.05) is 0 Å².